The number of phenolic OH excluding ortho intramolecular Hbond substituents is 1. The summed E-state index contributed by atoms with van der Waals surface area (Å²) in [5, 5.41) is 22.4. The quantitative estimate of drug-likeness (QED) is 0.400. The Morgan fingerprint density at radius 3 is 2.57 bits per heavy atom. The molecule has 2 rings (SSSR count). The first-order valence-corrected chi connectivity index (χ1v) is 9.14. The Bertz CT molecular complexity index is 922. The Morgan fingerprint density at radius 1 is 1.29 bits per heavy atom. The number of aromatic hydroxyl groups is 1. The van der Waals surface area contributed by atoms with E-state index in [4.69, 9.17) is 4.74 Å². The fourth-order valence-electron chi connectivity index (χ4n) is 2.69. The first kappa shape index (κ1) is 20.8. The Kier molecular flexibility index (Phi) is 7.41. The summed E-state index contributed by atoms with van der Waals surface area (Å²) in [6.45, 7) is 7.93. The minimum Gasteiger partial charge on any atom is -0.504 e. The summed E-state index contributed by atoms with van der Waals surface area (Å²) in [6, 6.07) is 12.7. The molecule has 0 atom stereocenters. The molecule has 0 aliphatic heterocycles. The highest BCUT2D eigenvalue weighted by atomic mass is 16.5. The standard InChI is InChI=1S/C23H24N2O3/c1-4-7-18-12-17(14-21(22(18)26)28-6-3)13-19(15-24)23(27)25-20-10-8-16(5-2)9-11-20/h4,8-14,26H,1,5-7H2,2-3H3,(H,25,27). The van der Waals surface area contributed by atoms with Crippen LogP contribution in [0.1, 0.15) is 30.5 Å². The second-order valence-corrected chi connectivity index (χ2v) is 6.13. The Morgan fingerprint density at radius 2 is 2.00 bits per heavy atom. The molecule has 5 nitrogen and oxygen atoms in total. The molecular weight excluding hydrogens is 352 g/mol. The normalized spacial score (nSPS) is 10.8. The molecule has 2 aromatic carbocycles. The smallest absolute Gasteiger partial charge is 0.266 e. The number of carbonyl (C=O) groups excluding carboxylic acids is 1. The largest absolute Gasteiger partial charge is 0.504 e. The zero-order valence-corrected chi connectivity index (χ0v) is 16.2. The number of hydrogen-bond acceptors (Lipinski definition) is 4. The van der Waals surface area contributed by atoms with Crippen molar-refractivity contribution in [3.05, 3.63) is 71.3 Å². The molecule has 5 heteroatoms. The van der Waals surface area contributed by atoms with Crippen LogP contribution < -0.4 is 10.1 Å². The van der Waals surface area contributed by atoms with Gasteiger partial charge in [0.15, 0.2) is 11.5 Å². The van der Waals surface area contributed by atoms with E-state index in [1.54, 1.807) is 18.2 Å². The van der Waals surface area contributed by atoms with Crippen molar-refractivity contribution in [3.8, 4) is 17.6 Å². The monoisotopic (exact) mass is 376 g/mol. The van der Waals surface area contributed by atoms with E-state index in [9.17, 15) is 15.2 Å². The van der Waals surface area contributed by atoms with Crippen LogP contribution in [0.15, 0.2) is 54.6 Å². The number of phenols is 1. The minimum absolute atomic E-state index is 0.0397. The van der Waals surface area contributed by atoms with E-state index in [0.717, 1.165) is 12.0 Å². The van der Waals surface area contributed by atoms with Gasteiger partial charge in [-0.3, -0.25) is 4.79 Å². The first-order chi connectivity index (χ1) is 13.5. The fourth-order valence-corrected chi connectivity index (χ4v) is 2.69. The van der Waals surface area contributed by atoms with Gasteiger partial charge in [0.25, 0.3) is 5.91 Å². The van der Waals surface area contributed by atoms with Crippen LogP contribution in [0.25, 0.3) is 6.08 Å². The molecule has 0 fully saturated rings. The molecular formula is C23H24N2O3. The number of amides is 1. The van der Waals surface area contributed by atoms with Crippen LogP contribution in [0.3, 0.4) is 0 Å². The van der Waals surface area contributed by atoms with E-state index in [0.29, 0.717) is 35.6 Å². The number of nitrogens with one attached hydrogen (secondary N) is 1. The van der Waals surface area contributed by atoms with Crippen molar-refractivity contribution < 1.29 is 14.6 Å². The highest BCUT2D eigenvalue weighted by Crippen LogP contribution is 2.33. The molecule has 0 unspecified atom stereocenters. The third-order valence-corrected chi connectivity index (χ3v) is 4.14. The molecule has 28 heavy (non-hydrogen) atoms. The van der Waals surface area contributed by atoms with Gasteiger partial charge in [-0.1, -0.05) is 25.1 Å². The van der Waals surface area contributed by atoms with Crippen LogP contribution in [0.2, 0.25) is 0 Å². The van der Waals surface area contributed by atoms with E-state index in [2.05, 4.69) is 18.8 Å². The van der Waals surface area contributed by atoms with E-state index in [1.807, 2.05) is 37.3 Å². The second kappa shape index (κ2) is 9.98. The number of aryl methyl sites for hydroxylation is 1. The Labute approximate surface area is 165 Å². The van der Waals surface area contributed by atoms with Gasteiger partial charge in [0, 0.05) is 11.3 Å². The van der Waals surface area contributed by atoms with E-state index in [1.165, 1.54) is 6.08 Å². The van der Waals surface area contributed by atoms with E-state index < -0.39 is 5.91 Å². The lowest BCUT2D eigenvalue weighted by Crippen LogP contribution is -2.13. The molecule has 144 valence electrons. The summed E-state index contributed by atoms with van der Waals surface area (Å²) in [7, 11) is 0. The molecule has 0 aliphatic rings. The molecule has 1 amide bonds. The maximum absolute atomic E-state index is 12.5. The molecule has 0 saturated heterocycles. The lowest BCUT2D eigenvalue weighted by Gasteiger charge is -2.11. The van der Waals surface area contributed by atoms with Crippen molar-refractivity contribution in [2.45, 2.75) is 26.7 Å². The molecule has 0 heterocycles. The molecule has 0 aliphatic carbocycles. The van der Waals surface area contributed by atoms with E-state index >= 15 is 0 Å². The van der Waals surface area contributed by atoms with Gasteiger partial charge in [0.1, 0.15) is 11.6 Å². The molecule has 0 saturated carbocycles. The number of nitrogens with zero attached hydrogens (tertiary/aromatic N) is 1. The zero-order chi connectivity index (χ0) is 20.5. The zero-order valence-electron chi connectivity index (χ0n) is 16.2. The molecule has 2 N–H and O–H groups in total. The average molecular weight is 376 g/mol. The van der Waals surface area contributed by atoms with Gasteiger partial charge in [0.2, 0.25) is 0 Å². The van der Waals surface area contributed by atoms with Crippen molar-refractivity contribution in [2.75, 3.05) is 11.9 Å². The van der Waals surface area contributed by atoms with Gasteiger partial charge >= 0.3 is 0 Å². The Balaban J connectivity index is 2.32. The maximum Gasteiger partial charge on any atom is 0.266 e. The third kappa shape index (κ3) is 5.24. The number of carbonyl (C=O) groups is 1. The van der Waals surface area contributed by atoms with Gasteiger partial charge in [-0.25, -0.2) is 0 Å². The summed E-state index contributed by atoms with van der Waals surface area (Å²) >= 11 is 0. The number of anilines is 1. The minimum atomic E-state index is -0.497. The number of allylic oxidation sites excluding steroid dienone is 1. The van der Waals surface area contributed by atoms with Crippen molar-refractivity contribution in [3.63, 3.8) is 0 Å². The SMILES string of the molecule is C=CCc1cc(C=C(C#N)C(=O)Nc2ccc(CC)cc2)cc(OCC)c1O. The van der Waals surface area contributed by atoms with E-state index in [-0.39, 0.29) is 11.3 Å². The molecule has 0 radical (unpaired) electrons. The summed E-state index contributed by atoms with van der Waals surface area (Å²) in [5.74, 6) is -0.151. The fraction of sp³-hybridized carbons (Fsp3) is 0.217. The van der Waals surface area contributed by atoms with Crippen LogP contribution in [0, 0.1) is 11.3 Å². The molecule has 0 spiro atoms. The van der Waals surface area contributed by atoms with Crippen LogP contribution in [-0.4, -0.2) is 17.6 Å². The van der Waals surface area contributed by atoms with Gasteiger partial charge < -0.3 is 15.2 Å². The van der Waals surface area contributed by atoms with Gasteiger partial charge in [-0.15, -0.1) is 6.58 Å². The predicted octanol–water partition coefficient (Wildman–Crippen LogP) is 4.63. The van der Waals surface area contributed by atoms with Crippen LogP contribution in [0.4, 0.5) is 5.69 Å². The number of ether oxygens (including phenoxy) is 1. The summed E-state index contributed by atoms with van der Waals surface area (Å²) < 4.78 is 5.46. The van der Waals surface area contributed by atoms with Crippen molar-refractivity contribution >= 4 is 17.7 Å². The highest BCUT2D eigenvalue weighted by molar-refractivity contribution is 6.09. The molecule has 0 bridgehead atoms. The highest BCUT2D eigenvalue weighted by Gasteiger charge is 2.13. The van der Waals surface area contributed by atoms with Crippen LogP contribution in [0.5, 0.6) is 11.5 Å². The van der Waals surface area contributed by atoms with Gasteiger partial charge in [-0.2, -0.15) is 5.26 Å². The third-order valence-electron chi connectivity index (χ3n) is 4.14. The predicted molar refractivity (Wildman–Crippen MR) is 111 cm³/mol. The Hall–Kier alpha value is -3.52. The maximum atomic E-state index is 12.5. The van der Waals surface area contributed by atoms with Crippen molar-refractivity contribution in [2.24, 2.45) is 0 Å². The topological polar surface area (TPSA) is 82.4 Å². The van der Waals surface area contributed by atoms with Gasteiger partial charge in [0.05, 0.1) is 6.61 Å². The first-order valence-electron chi connectivity index (χ1n) is 9.14. The summed E-state index contributed by atoms with van der Waals surface area (Å²) in [5.41, 5.74) is 2.94. The lowest BCUT2D eigenvalue weighted by atomic mass is 10.0. The number of rotatable bonds is 8. The lowest BCUT2D eigenvalue weighted by molar-refractivity contribution is -0.112. The van der Waals surface area contributed by atoms with Crippen molar-refractivity contribution in [1.82, 2.24) is 0 Å². The second-order valence-electron chi connectivity index (χ2n) is 6.13. The molecule has 2 aromatic rings. The van der Waals surface area contributed by atoms with Gasteiger partial charge in [-0.05, 0) is 61.2 Å². The summed E-state index contributed by atoms with van der Waals surface area (Å²) in [6.07, 6.45) is 4.49. The number of hydrogen-bond donors (Lipinski definition) is 2. The number of benzene rings is 2. The average Bonchev–Trinajstić information content (AvgIpc) is 2.70. The molecule has 0 aromatic heterocycles. The van der Waals surface area contributed by atoms with Crippen LogP contribution in [-0.2, 0) is 17.6 Å². The summed E-state index contributed by atoms with van der Waals surface area (Å²) in [4.78, 5) is 12.5. The van der Waals surface area contributed by atoms with Crippen LogP contribution >= 0.6 is 0 Å². The van der Waals surface area contributed by atoms with Crippen molar-refractivity contribution in [1.29, 1.82) is 5.26 Å². The number of nitriles is 1.